The maximum absolute atomic E-state index is 2.19. The molecule has 0 spiro atoms. The summed E-state index contributed by atoms with van der Waals surface area (Å²) in [5, 5.41) is 0. The standard InChI is InChI=1S/C11H10N2/c1-9-8-10-4-2-7-13(10)11-5-3-6-12(9)11/h2-8H,1H3. The first-order valence-corrected chi connectivity index (χ1v) is 4.40. The number of hydrogen-bond acceptors (Lipinski definition) is 0. The van der Waals surface area contributed by atoms with Gasteiger partial charge in [-0.15, -0.1) is 0 Å². The van der Waals surface area contributed by atoms with Crippen LogP contribution in [-0.4, -0.2) is 8.80 Å². The summed E-state index contributed by atoms with van der Waals surface area (Å²) < 4.78 is 4.38. The van der Waals surface area contributed by atoms with Crippen LogP contribution in [0, 0.1) is 6.92 Å². The quantitative estimate of drug-likeness (QED) is 0.490. The normalized spacial score (nSPS) is 11.5. The van der Waals surface area contributed by atoms with E-state index < -0.39 is 0 Å². The van der Waals surface area contributed by atoms with Crippen LogP contribution in [0.2, 0.25) is 0 Å². The van der Waals surface area contributed by atoms with Gasteiger partial charge in [-0.05, 0) is 37.3 Å². The predicted molar refractivity (Wildman–Crippen MR) is 53.1 cm³/mol. The molecule has 3 aromatic rings. The first kappa shape index (κ1) is 6.78. The molecule has 0 radical (unpaired) electrons. The third-order valence-corrected chi connectivity index (χ3v) is 2.49. The van der Waals surface area contributed by atoms with Crippen molar-refractivity contribution in [2.75, 3.05) is 0 Å². The van der Waals surface area contributed by atoms with Crippen molar-refractivity contribution in [3.63, 3.8) is 0 Å². The van der Waals surface area contributed by atoms with Crippen molar-refractivity contribution in [3.05, 3.63) is 48.4 Å². The Bertz CT molecular complexity index is 572. The zero-order valence-corrected chi connectivity index (χ0v) is 7.44. The highest BCUT2D eigenvalue weighted by Crippen LogP contribution is 2.13. The lowest BCUT2D eigenvalue weighted by molar-refractivity contribution is 1.04. The van der Waals surface area contributed by atoms with Gasteiger partial charge in [-0.1, -0.05) is 0 Å². The van der Waals surface area contributed by atoms with Crippen LogP contribution in [-0.2, 0) is 0 Å². The minimum Gasteiger partial charge on any atom is -0.307 e. The lowest BCUT2D eigenvalue weighted by Gasteiger charge is -2.04. The van der Waals surface area contributed by atoms with Crippen LogP contribution in [0.4, 0.5) is 0 Å². The minimum atomic E-state index is 1.22. The highest BCUT2D eigenvalue weighted by atomic mass is 15.0. The van der Waals surface area contributed by atoms with Gasteiger partial charge >= 0.3 is 0 Å². The average Bonchev–Trinajstić information content (AvgIpc) is 2.66. The van der Waals surface area contributed by atoms with Crippen molar-refractivity contribution < 1.29 is 0 Å². The summed E-state index contributed by atoms with van der Waals surface area (Å²) in [6, 6.07) is 10.6. The van der Waals surface area contributed by atoms with Gasteiger partial charge in [0.1, 0.15) is 5.65 Å². The molecule has 0 bridgehead atoms. The molecule has 64 valence electrons. The fourth-order valence-electron chi connectivity index (χ4n) is 1.87. The Hall–Kier alpha value is -1.70. The van der Waals surface area contributed by atoms with Crippen molar-refractivity contribution in [1.29, 1.82) is 0 Å². The zero-order chi connectivity index (χ0) is 8.84. The Labute approximate surface area is 76.0 Å². The smallest absolute Gasteiger partial charge is 0.121 e. The van der Waals surface area contributed by atoms with E-state index in [1.54, 1.807) is 0 Å². The summed E-state index contributed by atoms with van der Waals surface area (Å²) in [6.07, 6.45) is 4.17. The van der Waals surface area contributed by atoms with E-state index in [1.165, 1.54) is 16.9 Å². The zero-order valence-electron chi connectivity index (χ0n) is 7.44. The molecule has 0 atom stereocenters. The van der Waals surface area contributed by atoms with Gasteiger partial charge in [0.2, 0.25) is 0 Å². The fourth-order valence-corrected chi connectivity index (χ4v) is 1.87. The molecule has 0 saturated heterocycles. The third-order valence-electron chi connectivity index (χ3n) is 2.49. The second-order valence-corrected chi connectivity index (χ2v) is 3.33. The van der Waals surface area contributed by atoms with Crippen LogP contribution < -0.4 is 0 Å². The molecule has 0 N–H and O–H groups in total. The van der Waals surface area contributed by atoms with Crippen LogP contribution >= 0.6 is 0 Å². The molecule has 3 aromatic heterocycles. The van der Waals surface area contributed by atoms with E-state index in [0.717, 1.165) is 0 Å². The molecule has 0 aliphatic heterocycles. The number of nitrogens with zero attached hydrogens (tertiary/aromatic N) is 2. The highest BCUT2D eigenvalue weighted by molar-refractivity contribution is 5.58. The Morgan fingerprint density at radius 1 is 1.00 bits per heavy atom. The van der Waals surface area contributed by atoms with Crippen LogP contribution in [0.3, 0.4) is 0 Å². The maximum Gasteiger partial charge on any atom is 0.121 e. The second kappa shape index (κ2) is 2.16. The molecule has 2 nitrogen and oxygen atoms in total. The van der Waals surface area contributed by atoms with E-state index in [2.05, 4.69) is 58.5 Å². The Balaban J connectivity index is 2.70. The predicted octanol–water partition coefficient (Wildman–Crippen LogP) is 2.50. The van der Waals surface area contributed by atoms with Crippen molar-refractivity contribution in [1.82, 2.24) is 8.80 Å². The monoisotopic (exact) mass is 170 g/mol. The second-order valence-electron chi connectivity index (χ2n) is 3.33. The Morgan fingerprint density at radius 2 is 1.77 bits per heavy atom. The molecule has 0 aliphatic rings. The van der Waals surface area contributed by atoms with Crippen molar-refractivity contribution in [2.24, 2.45) is 0 Å². The molecule has 2 heteroatoms. The number of rotatable bonds is 0. The molecule has 0 amide bonds. The number of aryl methyl sites for hydroxylation is 1. The fraction of sp³-hybridized carbons (Fsp3) is 0.0909. The van der Waals surface area contributed by atoms with E-state index in [9.17, 15) is 0 Å². The molecule has 0 aromatic carbocycles. The van der Waals surface area contributed by atoms with Crippen LogP contribution in [0.1, 0.15) is 5.69 Å². The summed E-state index contributed by atoms with van der Waals surface area (Å²) in [5.74, 6) is 0. The largest absolute Gasteiger partial charge is 0.307 e. The van der Waals surface area contributed by atoms with E-state index in [0.29, 0.717) is 0 Å². The van der Waals surface area contributed by atoms with E-state index >= 15 is 0 Å². The Morgan fingerprint density at radius 3 is 2.69 bits per heavy atom. The number of hydrogen-bond donors (Lipinski definition) is 0. The van der Waals surface area contributed by atoms with Crippen molar-refractivity contribution in [2.45, 2.75) is 6.92 Å². The first-order chi connectivity index (χ1) is 6.36. The van der Waals surface area contributed by atoms with Gasteiger partial charge in [-0.2, -0.15) is 0 Å². The molecule has 0 fully saturated rings. The molecule has 0 unspecified atom stereocenters. The molecule has 3 rings (SSSR count). The van der Waals surface area contributed by atoms with Crippen LogP contribution in [0.25, 0.3) is 11.2 Å². The number of aromatic nitrogens is 2. The molecular weight excluding hydrogens is 160 g/mol. The van der Waals surface area contributed by atoms with Gasteiger partial charge in [0.05, 0.1) is 0 Å². The van der Waals surface area contributed by atoms with Gasteiger partial charge in [-0.3, -0.25) is 0 Å². The highest BCUT2D eigenvalue weighted by Gasteiger charge is 2.00. The van der Waals surface area contributed by atoms with Gasteiger partial charge < -0.3 is 8.80 Å². The molecule has 3 heterocycles. The van der Waals surface area contributed by atoms with Crippen LogP contribution in [0.15, 0.2) is 42.7 Å². The molecule has 0 saturated carbocycles. The average molecular weight is 170 g/mol. The lowest BCUT2D eigenvalue weighted by Crippen LogP contribution is -1.94. The summed E-state index contributed by atoms with van der Waals surface area (Å²) in [4.78, 5) is 0. The van der Waals surface area contributed by atoms with Crippen molar-refractivity contribution in [3.8, 4) is 0 Å². The summed E-state index contributed by atoms with van der Waals surface area (Å²) >= 11 is 0. The molecule has 13 heavy (non-hydrogen) atoms. The van der Waals surface area contributed by atoms with Crippen molar-refractivity contribution >= 4 is 11.2 Å². The summed E-state index contributed by atoms with van der Waals surface area (Å²) in [5.41, 5.74) is 3.75. The van der Waals surface area contributed by atoms with Crippen LogP contribution in [0.5, 0.6) is 0 Å². The summed E-state index contributed by atoms with van der Waals surface area (Å²) in [6.45, 7) is 2.12. The SMILES string of the molecule is Cc1cc2cccn2c2cccn12. The topological polar surface area (TPSA) is 8.82 Å². The van der Waals surface area contributed by atoms with E-state index in [4.69, 9.17) is 0 Å². The number of fused-ring (bicyclic) bond motifs is 3. The molecular formula is C11H10N2. The summed E-state index contributed by atoms with van der Waals surface area (Å²) in [7, 11) is 0. The van der Waals surface area contributed by atoms with E-state index in [-0.39, 0.29) is 0 Å². The van der Waals surface area contributed by atoms with Gasteiger partial charge in [0, 0.05) is 23.6 Å². The van der Waals surface area contributed by atoms with Gasteiger partial charge in [0.15, 0.2) is 0 Å². The molecule has 0 aliphatic carbocycles. The lowest BCUT2D eigenvalue weighted by atomic mass is 10.4. The maximum atomic E-state index is 2.19. The third kappa shape index (κ3) is 0.773. The van der Waals surface area contributed by atoms with Gasteiger partial charge in [0.25, 0.3) is 0 Å². The van der Waals surface area contributed by atoms with E-state index in [1.807, 2.05) is 0 Å². The Kier molecular flexibility index (Phi) is 1.13. The minimum absolute atomic E-state index is 1.22. The first-order valence-electron chi connectivity index (χ1n) is 4.40. The van der Waals surface area contributed by atoms with Gasteiger partial charge in [-0.25, -0.2) is 0 Å².